The number of benzene rings is 1. The van der Waals surface area contributed by atoms with Crippen LogP contribution in [0.4, 0.5) is 5.69 Å². The summed E-state index contributed by atoms with van der Waals surface area (Å²) < 4.78 is 0. The van der Waals surface area contributed by atoms with E-state index in [9.17, 15) is 9.59 Å². The fourth-order valence-corrected chi connectivity index (χ4v) is 2.67. The summed E-state index contributed by atoms with van der Waals surface area (Å²) in [5.41, 5.74) is 1.48. The number of allylic oxidation sites excluding steroid dienone is 1. The van der Waals surface area contributed by atoms with Crippen LogP contribution in [0.5, 0.6) is 0 Å². The molecule has 2 rings (SSSR count). The van der Waals surface area contributed by atoms with Crippen LogP contribution in [0.25, 0.3) is 0 Å². The van der Waals surface area contributed by atoms with Gasteiger partial charge in [-0.25, -0.2) is 0 Å². The molecule has 0 heterocycles. The van der Waals surface area contributed by atoms with Crippen LogP contribution in [-0.2, 0) is 16.1 Å². The van der Waals surface area contributed by atoms with Gasteiger partial charge in [-0.1, -0.05) is 37.1 Å². The number of hydrogen-bond donors (Lipinski definition) is 2. The zero-order valence-electron chi connectivity index (χ0n) is 13.0. The maximum absolute atomic E-state index is 12.0. The van der Waals surface area contributed by atoms with Crippen molar-refractivity contribution in [1.29, 1.82) is 5.26 Å². The number of para-hydroxylation sites is 1. The summed E-state index contributed by atoms with van der Waals surface area (Å²) in [6.07, 6.45) is 8.21. The number of carbonyl (C=O) groups excluding carboxylic acids is 2. The van der Waals surface area contributed by atoms with Crippen molar-refractivity contribution in [2.45, 2.75) is 38.6 Å². The molecule has 23 heavy (non-hydrogen) atoms. The predicted octanol–water partition coefficient (Wildman–Crippen LogP) is 2.90. The van der Waals surface area contributed by atoms with E-state index in [2.05, 4.69) is 10.6 Å². The van der Waals surface area contributed by atoms with E-state index in [1.54, 1.807) is 18.2 Å². The Bertz CT molecular complexity index is 625. The quantitative estimate of drug-likeness (QED) is 0.792. The Balaban J connectivity index is 1.92. The van der Waals surface area contributed by atoms with Gasteiger partial charge >= 0.3 is 0 Å². The summed E-state index contributed by atoms with van der Waals surface area (Å²) in [6.45, 7) is 0.281. The lowest BCUT2D eigenvalue weighted by Crippen LogP contribution is -2.23. The van der Waals surface area contributed by atoms with Crippen molar-refractivity contribution < 1.29 is 9.59 Å². The molecule has 0 saturated heterocycles. The van der Waals surface area contributed by atoms with Crippen LogP contribution in [0.2, 0.25) is 0 Å². The second kappa shape index (κ2) is 8.74. The van der Waals surface area contributed by atoms with Crippen LogP contribution >= 0.6 is 0 Å². The molecule has 2 N–H and O–H groups in total. The topological polar surface area (TPSA) is 82.0 Å². The number of anilines is 1. The molecule has 1 aliphatic carbocycles. The SMILES string of the molecule is N#CCC(=O)NCc1ccccc1NC(=O)/C=C/C1CCCC1. The van der Waals surface area contributed by atoms with Crippen LogP contribution in [0, 0.1) is 17.2 Å². The van der Waals surface area contributed by atoms with Crippen LogP contribution in [0.3, 0.4) is 0 Å². The Morgan fingerprint density at radius 1 is 1.26 bits per heavy atom. The average molecular weight is 311 g/mol. The molecular weight excluding hydrogens is 290 g/mol. The van der Waals surface area contributed by atoms with Crippen LogP contribution in [-0.4, -0.2) is 11.8 Å². The molecule has 1 fully saturated rings. The highest BCUT2D eigenvalue weighted by atomic mass is 16.2. The normalized spacial score (nSPS) is 14.6. The Labute approximate surface area is 136 Å². The van der Waals surface area contributed by atoms with E-state index in [0.29, 0.717) is 11.6 Å². The zero-order valence-corrected chi connectivity index (χ0v) is 13.0. The predicted molar refractivity (Wildman–Crippen MR) is 88.2 cm³/mol. The van der Waals surface area contributed by atoms with Crippen molar-refractivity contribution in [3.8, 4) is 6.07 Å². The molecule has 0 spiro atoms. The first-order valence-electron chi connectivity index (χ1n) is 7.90. The fourth-order valence-electron chi connectivity index (χ4n) is 2.67. The third-order valence-electron chi connectivity index (χ3n) is 3.91. The van der Waals surface area contributed by atoms with Gasteiger partial charge in [0.05, 0.1) is 6.07 Å². The number of hydrogen-bond acceptors (Lipinski definition) is 3. The monoisotopic (exact) mass is 311 g/mol. The fraction of sp³-hybridized carbons (Fsp3) is 0.389. The Morgan fingerprint density at radius 3 is 2.74 bits per heavy atom. The summed E-state index contributed by atoms with van der Waals surface area (Å²) in [6, 6.07) is 9.11. The lowest BCUT2D eigenvalue weighted by atomic mass is 10.1. The summed E-state index contributed by atoms with van der Waals surface area (Å²) in [7, 11) is 0. The van der Waals surface area contributed by atoms with Gasteiger partial charge in [0.25, 0.3) is 0 Å². The summed E-state index contributed by atoms with van der Waals surface area (Å²) >= 11 is 0. The first kappa shape index (κ1) is 16.8. The molecular formula is C18H21N3O2. The van der Waals surface area contributed by atoms with Crippen molar-refractivity contribution in [2.75, 3.05) is 5.32 Å². The van der Waals surface area contributed by atoms with Crippen molar-refractivity contribution in [2.24, 2.45) is 5.92 Å². The van der Waals surface area contributed by atoms with E-state index in [1.807, 2.05) is 24.3 Å². The minimum absolute atomic E-state index is 0.160. The molecule has 1 aromatic rings. The molecule has 5 nitrogen and oxygen atoms in total. The summed E-state index contributed by atoms with van der Waals surface area (Å²) in [5, 5.41) is 14.0. The third kappa shape index (κ3) is 5.59. The molecule has 5 heteroatoms. The van der Waals surface area contributed by atoms with Gasteiger partial charge < -0.3 is 10.6 Å². The molecule has 1 aromatic carbocycles. The van der Waals surface area contributed by atoms with Crippen molar-refractivity contribution in [3.63, 3.8) is 0 Å². The molecule has 0 bridgehead atoms. The highest BCUT2D eigenvalue weighted by Crippen LogP contribution is 2.25. The maximum atomic E-state index is 12.0. The first-order chi connectivity index (χ1) is 11.2. The maximum Gasteiger partial charge on any atom is 0.248 e. The van der Waals surface area contributed by atoms with E-state index in [0.717, 1.165) is 18.4 Å². The number of rotatable bonds is 6. The van der Waals surface area contributed by atoms with Gasteiger partial charge in [-0.05, 0) is 36.5 Å². The average Bonchev–Trinajstić information content (AvgIpc) is 3.06. The lowest BCUT2D eigenvalue weighted by molar-refractivity contribution is -0.120. The number of carbonyl (C=O) groups is 2. The minimum Gasteiger partial charge on any atom is -0.351 e. The van der Waals surface area contributed by atoms with Crippen molar-refractivity contribution in [1.82, 2.24) is 5.32 Å². The zero-order chi connectivity index (χ0) is 16.5. The van der Waals surface area contributed by atoms with Crippen LogP contribution < -0.4 is 10.6 Å². The third-order valence-corrected chi connectivity index (χ3v) is 3.91. The van der Waals surface area contributed by atoms with Gasteiger partial charge in [-0.2, -0.15) is 5.26 Å². The highest BCUT2D eigenvalue weighted by molar-refractivity contribution is 5.99. The first-order valence-corrected chi connectivity index (χ1v) is 7.90. The van der Waals surface area contributed by atoms with Gasteiger partial charge in [0.1, 0.15) is 6.42 Å². The van der Waals surface area contributed by atoms with Gasteiger partial charge in [0.2, 0.25) is 11.8 Å². The van der Waals surface area contributed by atoms with Crippen LogP contribution in [0.1, 0.15) is 37.7 Å². The largest absolute Gasteiger partial charge is 0.351 e. The summed E-state index contributed by atoms with van der Waals surface area (Å²) in [5.74, 6) is 0.0312. The molecule has 0 radical (unpaired) electrons. The molecule has 0 atom stereocenters. The van der Waals surface area contributed by atoms with E-state index in [4.69, 9.17) is 5.26 Å². The van der Waals surface area contributed by atoms with Crippen LogP contribution in [0.15, 0.2) is 36.4 Å². The molecule has 1 aliphatic rings. The number of amides is 2. The van der Waals surface area contributed by atoms with Crippen molar-refractivity contribution >= 4 is 17.5 Å². The van der Waals surface area contributed by atoms with E-state index in [-0.39, 0.29) is 24.8 Å². The molecule has 0 unspecified atom stereocenters. The Morgan fingerprint density at radius 2 is 2.00 bits per heavy atom. The minimum atomic E-state index is -0.324. The molecule has 1 saturated carbocycles. The van der Waals surface area contributed by atoms with Gasteiger partial charge in [0, 0.05) is 12.2 Å². The lowest BCUT2D eigenvalue weighted by Gasteiger charge is -2.10. The second-order valence-corrected chi connectivity index (χ2v) is 5.66. The smallest absolute Gasteiger partial charge is 0.248 e. The number of nitrogens with one attached hydrogen (secondary N) is 2. The number of nitriles is 1. The molecule has 0 aromatic heterocycles. The standard InChI is InChI=1S/C18H21N3O2/c19-12-11-17(22)20-13-15-7-3-4-8-16(15)21-18(23)10-9-14-5-1-2-6-14/h3-4,7-10,14H,1-2,5-6,11,13H2,(H,20,22)(H,21,23)/b10-9+. The van der Waals surface area contributed by atoms with Gasteiger partial charge in [0.15, 0.2) is 0 Å². The van der Waals surface area contributed by atoms with E-state index in [1.165, 1.54) is 12.8 Å². The molecule has 2 amide bonds. The molecule has 120 valence electrons. The number of nitrogens with zero attached hydrogens (tertiary/aromatic N) is 1. The van der Waals surface area contributed by atoms with Crippen molar-refractivity contribution in [3.05, 3.63) is 42.0 Å². The Kier molecular flexibility index (Phi) is 6.37. The van der Waals surface area contributed by atoms with Gasteiger partial charge in [-0.3, -0.25) is 9.59 Å². The van der Waals surface area contributed by atoms with Gasteiger partial charge in [-0.15, -0.1) is 0 Å². The highest BCUT2D eigenvalue weighted by Gasteiger charge is 2.12. The Hall–Kier alpha value is -2.61. The summed E-state index contributed by atoms with van der Waals surface area (Å²) in [4.78, 5) is 23.4. The second-order valence-electron chi connectivity index (χ2n) is 5.66. The van der Waals surface area contributed by atoms with E-state index < -0.39 is 0 Å². The molecule has 0 aliphatic heterocycles. The van der Waals surface area contributed by atoms with E-state index >= 15 is 0 Å².